The second kappa shape index (κ2) is 8.84. The third kappa shape index (κ3) is 4.25. The zero-order valence-electron chi connectivity index (χ0n) is 16.5. The number of hydrogen-bond donors (Lipinski definition) is 1. The molecule has 0 aliphatic carbocycles. The highest BCUT2D eigenvalue weighted by molar-refractivity contribution is 5.93. The van der Waals surface area contributed by atoms with Crippen LogP contribution in [-0.4, -0.2) is 58.6 Å². The Morgan fingerprint density at radius 2 is 2.00 bits per heavy atom. The Morgan fingerprint density at radius 1 is 1.21 bits per heavy atom. The molecule has 2 aliphatic heterocycles. The number of benzene rings is 1. The van der Waals surface area contributed by atoms with Gasteiger partial charge in [-0.1, -0.05) is 35.5 Å². The van der Waals surface area contributed by atoms with Gasteiger partial charge in [0.05, 0.1) is 24.9 Å². The molecule has 0 saturated carbocycles. The number of piperidine rings is 1. The van der Waals surface area contributed by atoms with Gasteiger partial charge in [-0.3, -0.25) is 4.79 Å². The van der Waals surface area contributed by atoms with Crippen molar-refractivity contribution in [3.05, 3.63) is 47.3 Å². The third-order valence-electron chi connectivity index (χ3n) is 5.82. The number of amides is 1. The normalized spacial score (nSPS) is 20.6. The summed E-state index contributed by atoms with van der Waals surface area (Å²) in [6, 6.07) is 10.5. The average Bonchev–Trinajstić information content (AvgIpc) is 3.36. The lowest BCUT2D eigenvalue weighted by atomic mass is 10.1. The molecule has 28 heavy (non-hydrogen) atoms. The predicted octanol–water partition coefficient (Wildman–Crippen LogP) is 2.19. The van der Waals surface area contributed by atoms with Crippen LogP contribution in [0.15, 0.2) is 30.3 Å². The summed E-state index contributed by atoms with van der Waals surface area (Å²) in [5.41, 5.74) is 2.57. The molecule has 1 aromatic heterocycles. The first-order valence-electron chi connectivity index (χ1n) is 10.3. The quantitative estimate of drug-likeness (QED) is 0.828. The predicted molar refractivity (Wildman–Crippen MR) is 106 cm³/mol. The van der Waals surface area contributed by atoms with Crippen LogP contribution in [0, 0.1) is 12.8 Å². The molecule has 0 spiro atoms. The van der Waals surface area contributed by atoms with Crippen LogP contribution in [0.1, 0.15) is 47.1 Å². The van der Waals surface area contributed by atoms with E-state index in [2.05, 4.69) is 27.8 Å². The Hall–Kier alpha value is -2.25. The van der Waals surface area contributed by atoms with Gasteiger partial charge in [-0.15, -0.1) is 5.10 Å². The van der Waals surface area contributed by atoms with E-state index in [0.717, 1.165) is 51.1 Å². The summed E-state index contributed by atoms with van der Waals surface area (Å²) >= 11 is 0. The third-order valence-corrected chi connectivity index (χ3v) is 5.82. The van der Waals surface area contributed by atoms with Gasteiger partial charge in [0.2, 0.25) is 0 Å². The zero-order chi connectivity index (χ0) is 19.3. The van der Waals surface area contributed by atoms with Gasteiger partial charge in [-0.05, 0) is 44.8 Å². The van der Waals surface area contributed by atoms with E-state index in [0.29, 0.717) is 30.9 Å². The fraction of sp³-hybridized carbons (Fsp3) is 0.571. The minimum atomic E-state index is 0.00300. The summed E-state index contributed by atoms with van der Waals surface area (Å²) < 4.78 is 7.82. The Morgan fingerprint density at radius 3 is 2.79 bits per heavy atom. The molecule has 2 aliphatic rings. The van der Waals surface area contributed by atoms with Crippen molar-refractivity contribution in [3.63, 3.8) is 0 Å². The fourth-order valence-electron chi connectivity index (χ4n) is 4.16. The molecular weight excluding hydrogens is 354 g/mol. The Kier molecular flexibility index (Phi) is 6.02. The number of likely N-dealkylation sites (tertiary alicyclic amines) is 1. The van der Waals surface area contributed by atoms with E-state index < -0.39 is 0 Å². The summed E-state index contributed by atoms with van der Waals surface area (Å²) in [6.07, 6.45) is 3.03. The lowest BCUT2D eigenvalue weighted by Gasteiger charge is -2.23. The molecule has 1 amide bonds. The van der Waals surface area contributed by atoms with E-state index in [9.17, 15) is 4.79 Å². The number of ether oxygens (including phenoxy) is 1. The molecule has 4 rings (SSSR count). The first kappa shape index (κ1) is 19.1. The number of nitrogens with zero attached hydrogens (tertiary/aromatic N) is 4. The molecule has 2 aromatic rings. The Balaban J connectivity index is 1.30. The first-order valence-corrected chi connectivity index (χ1v) is 10.3. The van der Waals surface area contributed by atoms with Gasteiger partial charge in [0, 0.05) is 19.0 Å². The monoisotopic (exact) mass is 383 g/mol. The van der Waals surface area contributed by atoms with E-state index in [-0.39, 0.29) is 5.91 Å². The Bertz CT molecular complexity index is 785. The molecule has 0 bridgehead atoms. The van der Waals surface area contributed by atoms with Crippen LogP contribution in [-0.2, 0) is 11.3 Å². The molecule has 1 N–H and O–H groups in total. The first-order chi connectivity index (χ1) is 13.7. The van der Waals surface area contributed by atoms with Crippen molar-refractivity contribution < 1.29 is 9.53 Å². The second-order valence-electron chi connectivity index (χ2n) is 7.86. The van der Waals surface area contributed by atoms with Crippen molar-refractivity contribution in [3.8, 4) is 0 Å². The van der Waals surface area contributed by atoms with Crippen LogP contribution in [0.2, 0.25) is 0 Å². The highest BCUT2D eigenvalue weighted by atomic mass is 16.5. The summed E-state index contributed by atoms with van der Waals surface area (Å²) in [5, 5.41) is 11.9. The van der Waals surface area contributed by atoms with E-state index in [1.807, 2.05) is 34.7 Å². The van der Waals surface area contributed by atoms with Gasteiger partial charge in [0.25, 0.3) is 5.91 Å². The number of rotatable bonds is 6. The van der Waals surface area contributed by atoms with Crippen LogP contribution < -0.4 is 5.32 Å². The van der Waals surface area contributed by atoms with Crippen LogP contribution in [0.4, 0.5) is 0 Å². The summed E-state index contributed by atoms with van der Waals surface area (Å²) in [6.45, 7) is 6.74. The van der Waals surface area contributed by atoms with Crippen molar-refractivity contribution in [2.45, 2.75) is 38.8 Å². The van der Waals surface area contributed by atoms with Crippen LogP contribution >= 0.6 is 0 Å². The van der Waals surface area contributed by atoms with Gasteiger partial charge < -0.3 is 15.0 Å². The minimum absolute atomic E-state index is 0.00300. The van der Waals surface area contributed by atoms with Crippen molar-refractivity contribution in [2.75, 3.05) is 32.8 Å². The molecule has 150 valence electrons. The highest BCUT2D eigenvalue weighted by Gasteiger charge is 2.31. The molecule has 3 heterocycles. The number of nitrogens with one attached hydrogen (secondary N) is 1. The van der Waals surface area contributed by atoms with E-state index in [1.54, 1.807) is 0 Å². The van der Waals surface area contributed by atoms with Crippen molar-refractivity contribution >= 4 is 5.91 Å². The van der Waals surface area contributed by atoms with E-state index >= 15 is 0 Å². The van der Waals surface area contributed by atoms with Crippen molar-refractivity contribution in [1.29, 1.82) is 0 Å². The molecule has 0 radical (unpaired) electrons. The number of carbonyl (C=O) groups is 1. The SMILES string of the molecule is Cc1c(C(=O)N2CC[C@H](COCc3ccccc3)C2)nnn1C1CCNCC1. The highest BCUT2D eigenvalue weighted by Crippen LogP contribution is 2.23. The van der Waals surface area contributed by atoms with Crippen LogP contribution in [0.25, 0.3) is 0 Å². The lowest BCUT2D eigenvalue weighted by molar-refractivity contribution is 0.0727. The maximum Gasteiger partial charge on any atom is 0.276 e. The lowest BCUT2D eigenvalue weighted by Crippen LogP contribution is -2.31. The molecule has 1 aromatic carbocycles. The minimum Gasteiger partial charge on any atom is -0.376 e. The standard InChI is InChI=1S/C21H29N5O2/c1-16-20(23-24-26(16)19-7-10-22-11-8-19)21(27)25-12-9-18(13-25)15-28-14-17-5-3-2-4-6-17/h2-6,18-19,22H,7-15H2,1H3/t18-/m0/s1. The summed E-state index contributed by atoms with van der Waals surface area (Å²) in [4.78, 5) is 14.9. The maximum absolute atomic E-state index is 13.0. The van der Waals surface area contributed by atoms with Crippen LogP contribution in [0.5, 0.6) is 0 Å². The van der Waals surface area contributed by atoms with Gasteiger partial charge in [-0.25, -0.2) is 4.68 Å². The van der Waals surface area contributed by atoms with E-state index in [4.69, 9.17) is 4.74 Å². The van der Waals surface area contributed by atoms with Crippen molar-refractivity contribution in [2.24, 2.45) is 5.92 Å². The number of hydrogen-bond acceptors (Lipinski definition) is 5. The topological polar surface area (TPSA) is 72.3 Å². The van der Waals surface area contributed by atoms with Gasteiger partial charge >= 0.3 is 0 Å². The van der Waals surface area contributed by atoms with Gasteiger partial charge in [0.15, 0.2) is 5.69 Å². The summed E-state index contributed by atoms with van der Waals surface area (Å²) in [5.74, 6) is 0.385. The molecule has 7 heteroatoms. The molecule has 0 unspecified atom stereocenters. The van der Waals surface area contributed by atoms with Crippen LogP contribution in [0.3, 0.4) is 0 Å². The average molecular weight is 383 g/mol. The summed E-state index contributed by atoms with van der Waals surface area (Å²) in [7, 11) is 0. The van der Waals surface area contributed by atoms with Gasteiger partial charge in [0.1, 0.15) is 0 Å². The number of carbonyl (C=O) groups excluding carboxylic acids is 1. The fourth-order valence-corrected chi connectivity index (χ4v) is 4.16. The van der Waals surface area contributed by atoms with Crippen molar-refractivity contribution in [1.82, 2.24) is 25.2 Å². The maximum atomic E-state index is 13.0. The molecule has 1 atom stereocenters. The van der Waals surface area contributed by atoms with Gasteiger partial charge in [-0.2, -0.15) is 0 Å². The molecular formula is C21H29N5O2. The molecule has 2 fully saturated rings. The molecule has 7 nitrogen and oxygen atoms in total. The zero-order valence-corrected chi connectivity index (χ0v) is 16.5. The molecule has 2 saturated heterocycles. The smallest absolute Gasteiger partial charge is 0.276 e. The second-order valence-corrected chi connectivity index (χ2v) is 7.86. The largest absolute Gasteiger partial charge is 0.376 e. The van der Waals surface area contributed by atoms with E-state index in [1.165, 1.54) is 5.56 Å². The Labute approximate surface area is 166 Å². The number of aromatic nitrogens is 3.